The van der Waals surface area contributed by atoms with Gasteiger partial charge in [-0.3, -0.25) is 4.79 Å². The van der Waals surface area contributed by atoms with E-state index in [4.69, 9.17) is 16.9 Å². The van der Waals surface area contributed by atoms with Crippen LogP contribution in [0.2, 0.25) is 0 Å². The Morgan fingerprint density at radius 3 is 2.76 bits per heavy atom. The number of carbonyl (C=O) groups excluding carboxylic acids is 1. The molecule has 0 aliphatic rings. The van der Waals surface area contributed by atoms with E-state index in [0.29, 0.717) is 5.56 Å². The average Bonchev–Trinajstić information content (AvgIpc) is 2.30. The topological polar surface area (TPSA) is 44.1 Å². The SMILES string of the molecule is CN(C)C(=O)C(Cl)Cc1ccc(F)cc1C#N. The number of hydrogen-bond acceptors (Lipinski definition) is 2. The molecule has 3 nitrogen and oxygen atoms in total. The Kier molecular flexibility index (Phi) is 4.47. The molecular formula is C12H12ClFN2O. The molecule has 0 spiro atoms. The Morgan fingerprint density at radius 2 is 2.24 bits per heavy atom. The molecule has 1 aromatic rings. The van der Waals surface area contributed by atoms with Gasteiger partial charge in [-0.25, -0.2) is 4.39 Å². The molecule has 0 aromatic heterocycles. The number of rotatable bonds is 3. The summed E-state index contributed by atoms with van der Waals surface area (Å²) >= 11 is 5.94. The highest BCUT2D eigenvalue weighted by Gasteiger charge is 2.19. The molecule has 5 heteroatoms. The third-order valence-electron chi connectivity index (χ3n) is 2.30. The highest BCUT2D eigenvalue weighted by molar-refractivity contribution is 6.30. The van der Waals surface area contributed by atoms with Crippen LogP contribution in [0, 0.1) is 17.1 Å². The molecule has 0 heterocycles. The van der Waals surface area contributed by atoms with Gasteiger partial charge in [-0.15, -0.1) is 11.6 Å². The summed E-state index contributed by atoms with van der Waals surface area (Å²) in [5.74, 6) is -0.713. The van der Waals surface area contributed by atoms with Crippen molar-refractivity contribution < 1.29 is 9.18 Å². The van der Waals surface area contributed by atoms with E-state index in [1.165, 1.54) is 17.0 Å². The fourth-order valence-electron chi connectivity index (χ4n) is 1.39. The summed E-state index contributed by atoms with van der Waals surface area (Å²) in [4.78, 5) is 12.9. The predicted octanol–water partition coefficient (Wildman–Crippen LogP) is 1.94. The minimum absolute atomic E-state index is 0.210. The van der Waals surface area contributed by atoms with Crippen LogP contribution in [-0.2, 0) is 11.2 Å². The quantitative estimate of drug-likeness (QED) is 0.774. The number of nitrogens with zero attached hydrogens (tertiary/aromatic N) is 2. The Morgan fingerprint density at radius 1 is 1.59 bits per heavy atom. The zero-order valence-electron chi connectivity index (χ0n) is 9.58. The highest BCUT2D eigenvalue weighted by atomic mass is 35.5. The van der Waals surface area contributed by atoms with Crippen LogP contribution in [0.3, 0.4) is 0 Å². The molecule has 0 saturated carbocycles. The van der Waals surface area contributed by atoms with E-state index in [1.54, 1.807) is 14.1 Å². The van der Waals surface area contributed by atoms with Gasteiger partial charge >= 0.3 is 0 Å². The van der Waals surface area contributed by atoms with Gasteiger partial charge in [0.1, 0.15) is 11.2 Å². The largest absolute Gasteiger partial charge is 0.348 e. The smallest absolute Gasteiger partial charge is 0.240 e. The normalized spacial score (nSPS) is 11.7. The van der Waals surface area contributed by atoms with Gasteiger partial charge < -0.3 is 4.90 Å². The zero-order chi connectivity index (χ0) is 13.0. The zero-order valence-corrected chi connectivity index (χ0v) is 10.3. The second kappa shape index (κ2) is 5.65. The minimum atomic E-state index is -0.748. The van der Waals surface area contributed by atoms with Crippen LogP contribution in [-0.4, -0.2) is 30.3 Å². The maximum Gasteiger partial charge on any atom is 0.240 e. The van der Waals surface area contributed by atoms with E-state index in [0.717, 1.165) is 6.07 Å². The molecule has 1 unspecified atom stereocenters. The Hall–Kier alpha value is -1.60. The molecule has 1 aromatic carbocycles. The van der Waals surface area contributed by atoms with Crippen LogP contribution >= 0.6 is 11.6 Å². The number of hydrogen-bond donors (Lipinski definition) is 0. The first-order valence-corrected chi connectivity index (χ1v) is 5.43. The van der Waals surface area contributed by atoms with E-state index >= 15 is 0 Å². The number of halogens is 2. The third-order valence-corrected chi connectivity index (χ3v) is 2.64. The maximum atomic E-state index is 12.9. The number of alkyl halides is 1. The molecule has 0 aliphatic heterocycles. The van der Waals surface area contributed by atoms with Crippen molar-refractivity contribution in [1.82, 2.24) is 4.90 Å². The molecule has 1 rings (SSSR count). The van der Waals surface area contributed by atoms with Crippen LogP contribution in [0.25, 0.3) is 0 Å². The molecule has 1 atom stereocenters. The molecule has 0 saturated heterocycles. The van der Waals surface area contributed by atoms with E-state index in [9.17, 15) is 9.18 Å². The Bertz CT molecular complexity index is 468. The van der Waals surface area contributed by atoms with Gasteiger partial charge in [0.25, 0.3) is 0 Å². The molecule has 17 heavy (non-hydrogen) atoms. The molecule has 0 bridgehead atoms. The van der Waals surface area contributed by atoms with Crippen LogP contribution < -0.4 is 0 Å². The van der Waals surface area contributed by atoms with Gasteiger partial charge in [-0.05, 0) is 24.1 Å². The maximum absolute atomic E-state index is 12.9. The van der Waals surface area contributed by atoms with Gasteiger partial charge in [-0.1, -0.05) is 6.07 Å². The van der Waals surface area contributed by atoms with Crippen molar-refractivity contribution in [2.24, 2.45) is 0 Å². The van der Waals surface area contributed by atoms with Crippen molar-refractivity contribution in [1.29, 1.82) is 5.26 Å². The average molecular weight is 255 g/mol. The van der Waals surface area contributed by atoms with Gasteiger partial charge in [0.15, 0.2) is 0 Å². The molecular weight excluding hydrogens is 243 g/mol. The lowest BCUT2D eigenvalue weighted by atomic mass is 10.0. The van der Waals surface area contributed by atoms with Crippen LogP contribution in [0.4, 0.5) is 4.39 Å². The Balaban J connectivity index is 2.89. The summed E-state index contributed by atoms with van der Waals surface area (Å²) < 4.78 is 12.9. The molecule has 1 amide bonds. The molecule has 90 valence electrons. The summed E-state index contributed by atoms with van der Waals surface area (Å²) in [6.07, 6.45) is 0.210. The Labute approximate surface area is 104 Å². The van der Waals surface area contributed by atoms with Gasteiger partial charge in [0, 0.05) is 14.1 Å². The van der Waals surface area contributed by atoms with Crippen molar-refractivity contribution in [3.05, 3.63) is 35.1 Å². The molecule has 0 aliphatic carbocycles. The number of nitriles is 1. The minimum Gasteiger partial charge on any atom is -0.348 e. The molecule has 0 fully saturated rings. The monoisotopic (exact) mass is 254 g/mol. The summed E-state index contributed by atoms with van der Waals surface area (Å²) in [7, 11) is 3.21. The van der Waals surface area contributed by atoms with Crippen LogP contribution in [0.15, 0.2) is 18.2 Å². The van der Waals surface area contributed by atoms with Crippen molar-refractivity contribution in [2.75, 3.05) is 14.1 Å². The van der Waals surface area contributed by atoms with Crippen LogP contribution in [0.1, 0.15) is 11.1 Å². The predicted molar refractivity (Wildman–Crippen MR) is 63.2 cm³/mol. The van der Waals surface area contributed by atoms with E-state index < -0.39 is 11.2 Å². The van der Waals surface area contributed by atoms with E-state index in [-0.39, 0.29) is 17.9 Å². The summed E-state index contributed by atoms with van der Waals surface area (Å²) in [6.45, 7) is 0. The molecule has 0 N–H and O–H groups in total. The lowest BCUT2D eigenvalue weighted by Gasteiger charge is -2.15. The standard InChI is InChI=1S/C12H12ClFN2O/c1-16(2)12(17)11(13)6-8-3-4-10(14)5-9(8)7-15/h3-5,11H,6H2,1-2H3. The van der Waals surface area contributed by atoms with Gasteiger partial charge in [0.05, 0.1) is 11.6 Å². The highest BCUT2D eigenvalue weighted by Crippen LogP contribution is 2.15. The summed E-state index contributed by atoms with van der Waals surface area (Å²) in [5.41, 5.74) is 0.784. The fourth-order valence-corrected chi connectivity index (χ4v) is 1.75. The number of amides is 1. The van der Waals surface area contributed by atoms with Gasteiger partial charge in [-0.2, -0.15) is 5.26 Å². The van der Waals surface area contributed by atoms with Crippen molar-refractivity contribution in [3.63, 3.8) is 0 Å². The van der Waals surface area contributed by atoms with Crippen molar-refractivity contribution >= 4 is 17.5 Å². The second-order valence-corrected chi connectivity index (χ2v) is 4.34. The number of benzene rings is 1. The first-order valence-electron chi connectivity index (χ1n) is 4.99. The first kappa shape index (κ1) is 13.5. The van der Waals surface area contributed by atoms with Crippen LogP contribution in [0.5, 0.6) is 0 Å². The van der Waals surface area contributed by atoms with Crippen molar-refractivity contribution in [2.45, 2.75) is 11.8 Å². The summed E-state index contributed by atoms with van der Waals surface area (Å²) in [6, 6.07) is 5.75. The van der Waals surface area contributed by atoms with E-state index in [2.05, 4.69) is 0 Å². The summed E-state index contributed by atoms with van der Waals surface area (Å²) in [5, 5.41) is 8.10. The van der Waals surface area contributed by atoms with Crippen molar-refractivity contribution in [3.8, 4) is 6.07 Å². The first-order chi connectivity index (χ1) is 7.95. The fraction of sp³-hybridized carbons (Fsp3) is 0.333. The molecule has 0 radical (unpaired) electrons. The second-order valence-electron chi connectivity index (χ2n) is 3.82. The number of carbonyl (C=O) groups is 1. The third kappa shape index (κ3) is 3.43. The van der Waals surface area contributed by atoms with Gasteiger partial charge in [0.2, 0.25) is 5.91 Å². The van der Waals surface area contributed by atoms with E-state index in [1.807, 2.05) is 6.07 Å². The lowest BCUT2D eigenvalue weighted by Crippen LogP contribution is -2.31. The lowest BCUT2D eigenvalue weighted by molar-refractivity contribution is -0.128.